The second-order valence-corrected chi connectivity index (χ2v) is 9.75. The lowest BCUT2D eigenvalue weighted by molar-refractivity contribution is -0.151. The number of para-hydroxylation sites is 1. The molecule has 1 fully saturated rings. The number of esters is 1. The molecule has 0 spiro atoms. The zero-order valence-electron chi connectivity index (χ0n) is 19.2. The predicted octanol–water partition coefficient (Wildman–Crippen LogP) is 3.00. The van der Waals surface area contributed by atoms with E-state index in [1.807, 2.05) is 0 Å². The van der Waals surface area contributed by atoms with Crippen LogP contribution >= 0.6 is 0 Å². The smallest absolute Gasteiger partial charge is 0.309 e. The van der Waals surface area contributed by atoms with Crippen LogP contribution in [-0.2, 0) is 24.3 Å². The molecule has 0 saturated carbocycles. The number of hydrogen-bond acceptors (Lipinski definition) is 6. The van der Waals surface area contributed by atoms with E-state index in [4.69, 9.17) is 9.47 Å². The summed E-state index contributed by atoms with van der Waals surface area (Å²) in [6.45, 7) is 4.29. The first kappa shape index (κ1) is 24.6. The van der Waals surface area contributed by atoms with Crippen molar-refractivity contribution in [2.75, 3.05) is 37.7 Å². The van der Waals surface area contributed by atoms with Crippen LogP contribution in [0.2, 0.25) is 0 Å². The highest BCUT2D eigenvalue weighted by Gasteiger charge is 2.32. The number of ether oxygens (including phenoxy) is 2. The van der Waals surface area contributed by atoms with E-state index in [9.17, 15) is 18.0 Å². The van der Waals surface area contributed by atoms with E-state index < -0.39 is 10.0 Å². The molecule has 33 heavy (non-hydrogen) atoms. The molecule has 1 amide bonds. The number of anilines is 1. The first-order valence-corrected chi connectivity index (χ1v) is 12.4. The minimum atomic E-state index is -4.01. The zero-order valence-corrected chi connectivity index (χ0v) is 20.0. The quantitative estimate of drug-likeness (QED) is 0.546. The van der Waals surface area contributed by atoms with Gasteiger partial charge in [0.2, 0.25) is 5.91 Å². The van der Waals surface area contributed by atoms with Crippen LogP contribution in [0, 0.1) is 12.8 Å². The molecule has 8 nitrogen and oxygen atoms in total. The number of amides is 1. The Bertz CT molecular complexity index is 1080. The van der Waals surface area contributed by atoms with Crippen LogP contribution in [-0.4, -0.2) is 58.5 Å². The Labute approximate surface area is 195 Å². The van der Waals surface area contributed by atoms with E-state index in [-0.39, 0.29) is 29.2 Å². The summed E-state index contributed by atoms with van der Waals surface area (Å²) in [7, 11) is -2.49. The number of aryl methyl sites for hydroxylation is 1. The van der Waals surface area contributed by atoms with Crippen molar-refractivity contribution in [3.05, 3.63) is 54.1 Å². The van der Waals surface area contributed by atoms with Crippen molar-refractivity contribution in [3.63, 3.8) is 0 Å². The number of carbonyl (C=O) groups is 2. The molecular weight excluding hydrogens is 444 g/mol. The van der Waals surface area contributed by atoms with Gasteiger partial charge in [-0.25, -0.2) is 8.42 Å². The molecule has 3 rings (SSSR count). The number of nitrogens with zero attached hydrogens (tertiary/aromatic N) is 2. The molecule has 1 heterocycles. The molecule has 0 unspecified atom stereocenters. The van der Waals surface area contributed by atoms with E-state index in [0.29, 0.717) is 49.5 Å². The number of likely N-dealkylation sites (tertiary alicyclic amines) is 1. The molecule has 0 aromatic heterocycles. The molecule has 178 valence electrons. The molecule has 0 atom stereocenters. The largest absolute Gasteiger partial charge is 0.496 e. The maximum absolute atomic E-state index is 13.6. The lowest BCUT2D eigenvalue weighted by atomic mass is 9.97. The fourth-order valence-corrected chi connectivity index (χ4v) is 5.40. The highest BCUT2D eigenvalue weighted by molar-refractivity contribution is 7.92. The van der Waals surface area contributed by atoms with Gasteiger partial charge in [-0.2, -0.15) is 0 Å². The van der Waals surface area contributed by atoms with Crippen molar-refractivity contribution in [3.8, 4) is 5.75 Å². The van der Waals surface area contributed by atoms with Crippen molar-refractivity contribution in [1.29, 1.82) is 0 Å². The van der Waals surface area contributed by atoms with Crippen LogP contribution < -0.4 is 9.04 Å². The summed E-state index contributed by atoms with van der Waals surface area (Å²) in [5.74, 6) is -0.200. The van der Waals surface area contributed by atoms with Crippen molar-refractivity contribution >= 4 is 27.6 Å². The fraction of sp³-hybridized carbons (Fsp3) is 0.417. The molecule has 9 heteroatoms. The lowest BCUT2D eigenvalue weighted by Crippen LogP contribution is -2.46. The normalized spacial score (nSPS) is 14.6. The van der Waals surface area contributed by atoms with Gasteiger partial charge in [-0.3, -0.25) is 13.9 Å². The maximum Gasteiger partial charge on any atom is 0.309 e. The molecule has 1 aliphatic heterocycles. The molecule has 0 bridgehead atoms. The Balaban J connectivity index is 1.82. The summed E-state index contributed by atoms with van der Waals surface area (Å²) in [5.41, 5.74) is 1.08. The van der Waals surface area contributed by atoms with E-state index in [1.165, 1.54) is 13.2 Å². The number of piperidine rings is 1. The predicted molar refractivity (Wildman–Crippen MR) is 125 cm³/mol. The van der Waals surface area contributed by atoms with Gasteiger partial charge in [0, 0.05) is 13.1 Å². The van der Waals surface area contributed by atoms with E-state index in [0.717, 1.165) is 4.31 Å². The van der Waals surface area contributed by atoms with Gasteiger partial charge in [-0.05, 0) is 62.6 Å². The Hall–Kier alpha value is -3.07. The van der Waals surface area contributed by atoms with Crippen molar-refractivity contribution in [1.82, 2.24) is 4.90 Å². The molecule has 0 N–H and O–H groups in total. The van der Waals surface area contributed by atoms with Crippen LogP contribution in [0.3, 0.4) is 0 Å². The summed E-state index contributed by atoms with van der Waals surface area (Å²) in [6.07, 6.45) is 1.00. The SMILES string of the molecule is CCOC(=O)C1CCN(C(=O)CN(c2ccccc2)S(=O)(=O)c2ccc(OC)c(C)c2)CC1. The molecule has 0 aliphatic carbocycles. The third-order valence-corrected chi connectivity index (χ3v) is 7.51. The number of rotatable bonds is 8. The average molecular weight is 475 g/mol. The Morgan fingerprint density at radius 1 is 1.09 bits per heavy atom. The van der Waals surface area contributed by atoms with Gasteiger partial charge < -0.3 is 14.4 Å². The first-order chi connectivity index (χ1) is 15.8. The monoisotopic (exact) mass is 474 g/mol. The van der Waals surface area contributed by atoms with Gasteiger partial charge in [-0.1, -0.05) is 18.2 Å². The fourth-order valence-electron chi connectivity index (χ4n) is 3.90. The number of carbonyl (C=O) groups excluding carboxylic acids is 2. The van der Waals surface area contributed by atoms with Crippen LogP contribution in [0.25, 0.3) is 0 Å². The summed E-state index contributed by atoms with van der Waals surface area (Å²) in [4.78, 5) is 26.8. The van der Waals surface area contributed by atoms with Gasteiger partial charge in [0.15, 0.2) is 0 Å². The molecule has 0 radical (unpaired) electrons. The number of hydrogen-bond donors (Lipinski definition) is 0. The third kappa shape index (κ3) is 5.65. The first-order valence-electron chi connectivity index (χ1n) is 10.9. The van der Waals surface area contributed by atoms with Crippen molar-refractivity contribution in [2.45, 2.75) is 31.6 Å². The Kier molecular flexibility index (Phi) is 7.97. The third-order valence-electron chi connectivity index (χ3n) is 5.74. The highest BCUT2D eigenvalue weighted by Crippen LogP contribution is 2.28. The molecular formula is C24H30N2O6S. The number of methoxy groups -OCH3 is 1. The maximum atomic E-state index is 13.6. The minimum absolute atomic E-state index is 0.0819. The van der Waals surface area contributed by atoms with E-state index in [2.05, 4.69) is 0 Å². The second-order valence-electron chi connectivity index (χ2n) is 7.89. The van der Waals surface area contributed by atoms with Crippen LogP contribution in [0.15, 0.2) is 53.4 Å². The van der Waals surface area contributed by atoms with Gasteiger partial charge in [0.1, 0.15) is 12.3 Å². The van der Waals surface area contributed by atoms with Gasteiger partial charge in [-0.15, -0.1) is 0 Å². The summed E-state index contributed by atoms with van der Waals surface area (Å²) < 4.78 is 38.6. The number of sulfonamides is 1. The molecule has 2 aromatic rings. The zero-order chi connectivity index (χ0) is 24.0. The second kappa shape index (κ2) is 10.7. The number of benzene rings is 2. The van der Waals surface area contributed by atoms with E-state index >= 15 is 0 Å². The summed E-state index contributed by atoms with van der Waals surface area (Å²) in [5, 5.41) is 0. The molecule has 1 saturated heterocycles. The average Bonchev–Trinajstić information content (AvgIpc) is 2.83. The van der Waals surface area contributed by atoms with Crippen molar-refractivity contribution < 1.29 is 27.5 Å². The minimum Gasteiger partial charge on any atom is -0.496 e. The molecule has 2 aromatic carbocycles. The Morgan fingerprint density at radius 2 is 1.76 bits per heavy atom. The van der Waals surface area contributed by atoms with Gasteiger partial charge >= 0.3 is 5.97 Å². The highest BCUT2D eigenvalue weighted by atomic mass is 32.2. The summed E-state index contributed by atoms with van der Waals surface area (Å²) >= 11 is 0. The van der Waals surface area contributed by atoms with Gasteiger partial charge in [0.25, 0.3) is 10.0 Å². The Morgan fingerprint density at radius 3 is 2.33 bits per heavy atom. The van der Waals surface area contributed by atoms with Crippen molar-refractivity contribution in [2.24, 2.45) is 5.92 Å². The topological polar surface area (TPSA) is 93.2 Å². The van der Waals surface area contributed by atoms with E-state index in [1.54, 1.807) is 61.2 Å². The standard InChI is InChI=1S/C24H30N2O6S/c1-4-32-24(28)19-12-14-25(15-13-19)23(27)17-26(20-8-6-5-7-9-20)33(29,30)21-10-11-22(31-3)18(2)16-21/h5-11,16,19H,4,12-15,17H2,1-3H3. The van der Waals surface area contributed by atoms with Crippen LogP contribution in [0.5, 0.6) is 5.75 Å². The lowest BCUT2D eigenvalue weighted by Gasteiger charge is -2.33. The van der Waals surface area contributed by atoms with Crippen LogP contribution in [0.4, 0.5) is 5.69 Å². The van der Waals surface area contributed by atoms with Gasteiger partial charge in [0.05, 0.1) is 30.2 Å². The van der Waals surface area contributed by atoms with Crippen LogP contribution in [0.1, 0.15) is 25.3 Å². The molecule has 1 aliphatic rings. The summed E-state index contributed by atoms with van der Waals surface area (Å²) in [6, 6.07) is 13.2.